The van der Waals surface area contributed by atoms with Crippen LogP contribution in [0.5, 0.6) is 0 Å². The fourth-order valence-electron chi connectivity index (χ4n) is 4.24. The molecular formula is C21H32N6O2. The van der Waals surface area contributed by atoms with Gasteiger partial charge in [0.05, 0.1) is 31.1 Å². The Labute approximate surface area is 172 Å². The minimum absolute atomic E-state index is 0. The van der Waals surface area contributed by atoms with Crippen LogP contribution in [-0.2, 0) is 10.3 Å². The molecule has 4 N–H and O–H groups in total. The minimum atomic E-state index is -0.928. The number of aromatic nitrogens is 3. The number of H-pyrrole nitrogens is 1. The van der Waals surface area contributed by atoms with Crippen molar-refractivity contribution in [1.82, 2.24) is 15.2 Å². The van der Waals surface area contributed by atoms with E-state index in [4.69, 9.17) is 15.1 Å². The largest absolute Gasteiger partial charge is 0.385 e. The Morgan fingerprint density at radius 1 is 1.38 bits per heavy atom. The molecule has 2 fully saturated rings. The summed E-state index contributed by atoms with van der Waals surface area (Å²) < 4.78 is 5.58. The lowest BCUT2D eigenvalue weighted by Crippen LogP contribution is -2.44. The van der Waals surface area contributed by atoms with Gasteiger partial charge in [-0.25, -0.2) is 4.98 Å². The van der Waals surface area contributed by atoms with E-state index in [0.717, 1.165) is 37.2 Å². The summed E-state index contributed by atoms with van der Waals surface area (Å²) in [5.41, 5.74) is 0.486. The standard InChI is InChI=1S/C20H28N6O2.CH4/c1-14-13-28-10-9-26(14)18-11-16(20(27)6-3-2-4-7-20)15(12-21)19(24-18)23-17-5-8-22-25-17;/h5,8,11-12,14,21,27H,2-4,6-7,9-10,13H2,1H3,(H2,22,23,24,25);1H4. The maximum Gasteiger partial charge on any atom is 0.143 e. The number of hydrogen-bond donors (Lipinski definition) is 4. The second-order valence-corrected chi connectivity index (χ2v) is 7.74. The van der Waals surface area contributed by atoms with E-state index in [-0.39, 0.29) is 13.5 Å². The van der Waals surface area contributed by atoms with E-state index in [0.29, 0.717) is 43.3 Å². The highest BCUT2D eigenvalue weighted by Crippen LogP contribution is 2.41. The molecule has 1 unspecified atom stereocenters. The van der Waals surface area contributed by atoms with Crippen molar-refractivity contribution in [3.63, 3.8) is 0 Å². The zero-order valence-electron chi connectivity index (χ0n) is 16.2. The summed E-state index contributed by atoms with van der Waals surface area (Å²) in [5.74, 6) is 2.06. The van der Waals surface area contributed by atoms with Gasteiger partial charge < -0.3 is 25.5 Å². The van der Waals surface area contributed by atoms with E-state index in [9.17, 15) is 5.11 Å². The Kier molecular flexibility index (Phi) is 6.54. The molecule has 1 aliphatic heterocycles. The van der Waals surface area contributed by atoms with Gasteiger partial charge in [-0.15, -0.1) is 0 Å². The predicted molar refractivity (Wildman–Crippen MR) is 115 cm³/mol. The second kappa shape index (κ2) is 8.92. The SMILES string of the molecule is C.CC1COCCN1c1cc(C2(O)CCCCC2)c(C=N)c(Nc2ccn[nH]2)n1. The van der Waals surface area contributed by atoms with Crippen molar-refractivity contribution in [2.75, 3.05) is 30.0 Å². The maximum absolute atomic E-state index is 11.5. The van der Waals surface area contributed by atoms with Gasteiger partial charge >= 0.3 is 0 Å². The Morgan fingerprint density at radius 2 is 2.17 bits per heavy atom. The van der Waals surface area contributed by atoms with Crippen molar-refractivity contribution >= 4 is 23.7 Å². The summed E-state index contributed by atoms with van der Waals surface area (Å²) >= 11 is 0. The number of anilines is 3. The smallest absolute Gasteiger partial charge is 0.143 e. The van der Waals surface area contributed by atoms with Crippen LogP contribution in [-0.4, -0.2) is 52.3 Å². The predicted octanol–water partition coefficient (Wildman–Crippen LogP) is 3.56. The van der Waals surface area contributed by atoms with Gasteiger partial charge in [-0.2, -0.15) is 5.10 Å². The van der Waals surface area contributed by atoms with E-state index in [1.165, 1.54) is 6.21 Å². The first-order valence-electron chi connectivity index (χ1n) is 10.00. The van der Waals surface area contributed by atoms with Gasteiger partial charge in [0, 0.05) is 24.4 Å². The van der Waals surface area contributed by atoms with Crippen LogP contribution in [0.2, 0.25) is 0 Å². The number of rotatable bonds is 5. The molecule has 2 aromatic heterocycles. The molecule has 0 spiro atoms. The van der Waals surface area contributed by atoms with E-state index >= 15 is 0 Å². The van der Waals surface area contributed by atoms with E-state index < -0.39 is 5.60 Å². The van der Waals surface area contributed by atoms with Crippen LogP contribution in [0, 0.1) is 5.41 Å². The average Bonchev–Trinajstić information content (AvgIpc) is 3.21. The van der Waals surface area contributed by atoms with Crippen LogP contribution in [0.3, 0.4) is 0 Å². The highest BCUT2D eigenvalue weighted by Gasteiger charge is 2.35. The molecule has 1 atom stereocenters. The highest BCUT2D eigenvalue weighted by molar-refractivity contribution is 5.89. The molecule has 1 aliphatic carbocycles. The minimum Gasteiger partial charge on any atom is -0.385 e. The lowest BCUT2D eigenvalue weighted by atomic mass is 9.78. The summed E-state index contributed by atoms with van der Waals surface area (Å²) in [5, 5.41) is 29.6. The Morgan fingerprint density at radius 3 is 2.83 bits per heavy atom. The molecule has 1 saturated carbocycles. The van der Waals surface area contributed by atoms with Gasteiger partial charge in [-0.1, -0.05) is 26.7 Å². The molecule has 158 valence electrons. The monoisotopic (exact) mass is 400 g/mol. The number of nitrogens with zero attached hydrogens (tertiary/aromatic N) is 3. The van der Waals surface area contributed by atoms with E-state index in [2.05, 4.69) is 27.3 Å². The molecule has 4 rings (SSSR count). The van der Waals surface area contributed by atoms with Crippen LogP contribution in [0.25, 0.3) is 0 Å². The normalized spacial score (nSPS) is 21.3. The zero-order chi connectivity index (χ0) is 19.6. The van der Waals surface area contributed by atoms with Gasteiger partial charge in [0.15, 0.2) is 0 Å². The van der Waals surface area contributed by atoms with Gasteiger partial charge in [0.25, 0.3) is 0 Å². The molecule has 0 amide bonds. The summed E-state index contributed by atoms with van der Waals surface area (Å²) in [6, 6.07) is 3.99. The second-order valence-electron chi connectivity index (χ2n) is 7.74. The molecule has 8 heteroatoms. The van der Waals surface area contributed by atoms with E-state index in [1.54, 1.807) is 6.20 Å². The molecule has 0 radical (unpaired) electrons. The molecule has 2 aromatic rings. The van der Waals surface area contributed by atoms with Gasteiger partial charge in [-0.3, -0.25) is 5.10 Å². The van der Waals surface area contributed by atoms with Crippen LogP contribution in [0.4, 0.5) is 17.5 Å². The number of aliphatic hydroxyl groups is 1. The van der Waals surface area contributed by atoms with Crippen LogP contribution < -0.4 is 10.2 Å². The van der Waals surface area contributed by atoms with Gasteiger partial charge in [-0.05, 0) is 31.4 Å². The first-order valence-corrected chi connectivity index (χ1v) is 10.00. The number of morpholine rings is 1. The Bertz CT molecular complexity index is 817. The van der Waals surface area contributed by atoms with Crippen molar-refractivity contribution in [3.8, 4) is 0 Å². The number of aromatic amines is 1. The van der Waals surface area contributed by atoms with Crippen molar-refractivity contribution in [3.05, 3.63) is 29.5 Å². The Hall–Kier alpha value is -2.45. The van der Waals surface area contributed by atoms with Crippen molar-refractivity contribution < 1.29 is 9.84 Å². The average molecular weight is 401 g/mol. The third kappa shape index (κ3) is 4.28. The lowest BCUT2D eigenvalue weighted by Gasteiger charge is -2.37. The quantitative estimate of drug-likeness (QED) is 0.571. The number of ether oxygens (including phenoxy) is 1. The number of nitrogens with one attached hydrogen (secondary N) is 3. The number of hydrogen-bond acceptors (Lipinski definition) is 7. The van der Waals surface area contributed by atoms with Crippen LogP contribution >= 0.6 is 0 Å². The molecule has 8 nitrogen and oxygen atoms in total. The van der Waals surface area contributed by atoms with Crippen LogP contribution in [0.1, 0.15) is 57.6 Å². The molecule has 0 aromatic carbocycles. The fourth-order valence-corrected chi connectivity index (χ4v) is 4.24. The molecule has 1 saturated heterocycles. The van der Waals surface area contributed by atoms with Crippen molar-refractivity contribution in [1.29, 1.82) is 5.41 Å². The van der Waals surface area contributed by atoms with E-state index in [1.807, 2.05) is 12.1 Å². The Balaban J connectivity index is 0.00000240. The molecule has 0 bridgehead atoms. The fraction of sp³-hybridized carbons (Fsp3) is 0.571. The maximum atomic E-state index is 11.5. The number of pyridine rings is 1. The summed E-state index contributed by atoms with van der Waals surface area (Å²) in [7, 11) is 0. The molecule has 2 aliphatic rings. The highest BCUT2D eigenvalue weighted by atomic mass is 16.5. The van der Waals surface area contributed by atoms with Crippen LogP contribution in [0.15, 0.2) is 18.3 Å². The van der Waals surface area contributed by atoms with Gasteiger partial charge in [0.2, 0.25) is 0 Å². The first kappa shape index (κ1) is 21.3. The lowest BCUT2D eigenvalue weighted by molar-refractivity contribution is -0.000749. The third-order valence-electron chi connectivity index (χ3n) is 5.79. The topological polar surface area (TPSA) is 110 Å². The zero-order valence-corrected chi connectivity index (χ0v) is 16.2. The summed E-state index contributed by atoms with van der Waals surface area (Å²) in [4.78, 5) is 7.04. The molecule has 3 heterocycles. The first-order chi connectivity index (χ1) is 13.6. The molecular weight excluding hydrogens is 368 g/mol. The van der Waals surface area contributed by atoms with Gasteiger partial charge in [0.1, 0.15) is 17.5 Å². The summed E-state index contributed by atoms with van der Waals surface area (Å²) in [6.45, 7) is 4.17. The van der Waals surface area contributed by atoms with Crippen molar-refractivity contribution in [2.45, 2.75) is 58.1 Å². The molecule has 29 heavy (non-hydrogen) atoms. The third-order valence-corrected chi connectivity index (χ3v) is 5.79. The summed E-state index contributed by atoms with van der Waals surface area (Å²) in [6.07, 6.45) is 7.49. The van der Waals surface area contributed by atoms with Crippen molar-refractivity contribution in [2.24, 2.45) is 0 Å².